The van der Waals surface area contributed by atoms with E-state index in [4.69, 9.17) is 40.1 Å². The summed E-state index contributed by atoms with van der Waals surface area (Å²) in [7, 11) is 0. The molecule has 0 bridgehead atoms. The van der Waals surface area contributed by atoms with Crippen molar-refractivity contribution in [2.75, 3.05) is 11.4 Å². The predicted molar refractivity (Wildman–Crippen MR) is 77.6 cm³/mol. The minimum Gasteiger partial charge on any atom is -0.370 e. The van der Waals surface area contributed by atoms with E-state index in [1.165, 1.54) is 0 Å². The van der Waals surface area contributed by atoms with Gasteiger partial charge in [0.25, 0.3) is 0 Å². The highest BCUT2D eigenvalue weighted by atomic mass is 35.5. The van der Waals surface area contributed by atoms with Crippen molar-refractivity contribution in [3.8, 4) is 0 Å². The maximum absolute atomic E-state index is 7.87. The molecule has 5 N–H and O–H groups in total. The number of aliphatic imine (C=N–C) groups is 1. The van der Waals surface area contributed by atoms with Gasteiger partial charge in [-0.1, -0.05) is 36.2 Å². The van der Waals surface area contributed by atoms with E-state index in [2.05, 4.69) is 4.99 Å². The lowest BCUT2D eigenvalue weighted by molar-refractivity contribution is 0.893. The first kappa shape index (κ1) is 14.6. The molecule has 0 heterocycles. The van der Waals surface area contributed by atoms with Gasteiger partial charge in [-0.3, -0.25) is 5.41 Å². The number of nitrogens with two attached hydrogens (primary N) is 2. The van der Waals surface area contributed by atoms with Crippen LogP contribution < -0.4 is 16.4 Å². The highest BCUT2D eigenvalue weighted by molar-refractivity contribution is 6.40. The predicted octanol–water partition coefficient (Wildman–Crippen LogP) is 2.42. The minimum atomic E-state index is -0.177. The Hall–Kier alpha value is -1.46. The fourth-order valence-electron chi connectivity index (χ4n) is 1.48. The molecule has 0 fully saturated rings. The molecule has 0 aliphatic carbocycles. The third-order valence-electron chi connectivity index (χ3n) is 2.15. The van der Waals surface area contributed by atoms with Crippen molar-refractivity contribution in [3.05, 3.63) is 28.2 Å². The van der Waals surface area contributed by atoms with Gasteiger partial charge in [-0.15, -0.1) is 0 Å². The maximum Gasteiger partial charge on any atom is 0.225 e. The average Bonchev–Trinajstić information content (AvgIpc) is 2.26. The third-order valence-corrected chi connectivity index (χ3v) is 2.76. The van der Waals surface area contributed by atoms with Gasteiger partial charge >= 0.3 is 0 Å². The number of hydrogen-bond acceptors (Lipinski definition) is 1. The summed E-state index contributed by atoms with van der Waals surface area (Å²) >= 11 is 12.2. The molecule has 0 spiro atoms. The van der Waals surface area contributed by atoms with E-state index in [-0.39, 0.29) is 11.9 Å². The Morgan fingerprint density at radius 1 is 1.33 bits per heavy atom. The molecule has 18 heavy (non-hydrogen) atoms. The number of rotatable bonds is 3. The summed E-state index contributed by atoms with van der Waals surface area (Å²) in [5.74, 6) is -0.267. The van der Waals surface area contributed by atoms with E-state index in [1.807, 2.05) is 6.92 Å². The van der Waals surface area contributed by atoms with Crippen LogP contribution >= 0.6 is 23.2 Å². The molecule has 0 atom stereocenters. The Morgan fingerprint density at radius 3 is 2.33 bits per heavy atom. The second-order valence-corrected chi connectivity index (χ2v) is 4.40. The summed E-state index contributed by atoms with van der Waals surface area (Å²) in [6.45, 7) is 2.51. The van der Waals surface area contributed by atoms with E-state index in [0.717, 1.165) is 6.42 Å². The zero-order chi connectivity index (χ0) is 13.7. The third kappa shape index (κ3) is 3.51. The molecule has 98 valence electrons. The lowest BCUT2D eigenvalue weighted by atomic mass is 10.2. The largest absolute Gasteiger partial charge is 0.370 e. The molecule has 0 aliphatic rings. The van der Waals surface area contributed by atoms with Gasteiger partial charge in [0.1, 0.15) is 0 Å². The number of benzene rings is 1. The van der Waals surface area contributed by atoms with E-state index in [1.54, 1.807) is 23.1 Å². The molecule has 0 radical (unpaired) electrons. The first-order chi connectivity index (χ1) is 8.47. The quantitative estimate of drug-likeness (QED) is 0.589. The number of hydrogen-bond donors (Lipinski definition) is 3. The Balaban J connectivity index is 3.20. The summed E-state index contributed by atoms with van der Waals surface area (Å²) in [6, 6.07) is 5.14. The molecule has 5 nitrogen and oxygen atoms in total. The van der Waals surface area contributed by atoms with Crippen molar-refractivity contribution in [3.63, 3.8) is 0 Å². The molecule has 1 aromatic carbocycles. The highest BCUT2D eigenvalue weighted by Crippen LogP contribution is 2.33. The van der Waals surface area contributed by atoms with Gasteiger partial charge in [0.2, 0.25) is 5.96 Å². The van der Waals surface area contributed by atoms with Crippen LogP contribution in [-0.2, 0) is 0 Å². The van der Waals surface area contributed by atoms with Crippen LogP contribution in [0.3, 0.4) is 0 Å². The lowest BCUT2D eigenvalue weighted by Crippen LogP contribution is -2.34. The number of anilines is 1. The lowest BCUT2D eigenvalue weighted by Gasteiger charge is -2.24. The Labute approximate surface area is 116 Å². The number of guanidine groups is 2. The molecule has 0 saturated heterocycles. The van der Waals surface area contributed by atoms with Crippen LogP contribution in [0.4, 0.5) is 5.69 Å². The van der Waals surface area contributed by atoms with Crippen LogP contribution in [0.1, 0.15) is 13.3 Å². The van der Waals surface area contributed by atoms with Gasteiger partial charge in [0, 0.05) is 6.54 Å². The molecule has 0 unspecified atom stereocenters. The van der Waals surface area contributed by atoms with Crippen molar-refractivity contribution in [1.29, 1.82) is 5.41 Å². The fourth-order valence-corrected chi connectivity index (χ4v) is 2.08. The molecule has 7 heteroatoms. The van der Waals surface area contributed by atoms with Gasteiger partial charge in [0.05, 0.1) is 15.7 Å². The van der Waals surface area contributed by atoms with Crippen molar-refractivity contribution in [2.24, 2.45) is 16.5 Å². The first-order valence-electron chi connectivity index (χ1n) is 5.37. The van der Waals surface area contributed by atoms with Crippen LogP contribution in [0.25, 0.3) is 0 Å². The van der Waals surface area contributed by atoms with Crippen LogP contribution in [-0.4, -0.2) is 18.5 Å². The van der Waals surface area contributed by atoms with Gasteiger partial charge in [-0.25, -0.2) is 0 Å². The first-order valence-corrected chi connectivity index (χ1v) is 6.12. The molecule has 1 rings (SSSR count). The van der Waals surface area contributed by atoms with Crippen molar-refractivity contribution in [1.82, 2.24) is 0 Å². The van der Waals surface area contributed by atoms with Crippen LogP contribution in [0.2, 0.25) is 10.0 Å². The molecule has 0 amide bonds. The van der Waals surface area contributed by atoms with Crippen molar-refractivity contribution >= 4 is 40.8 Å². The van der Waals surface area contributed by atoms with E-state index < -0.39 is 0 Å². The molecule has 0 aromatic heterocycles. The standard InChI is InChI=1S/C11H15Cl2N5/c1-2-6-18(11(16)17-10(14)15)9-7(12)4-3-5-8(9)13/h3-5H,2,6H2,1H3,(H5,14,15,16,17). The Bertz CT molecular complexity index is 448. The minimum absolute atomic E-state index is 0.0909. The zero-order valence-corrected chi connectivity index (χ0v) is 11.5. The van der Waals surface area contributed by atoms with E-state index >= 15 is 0 Å². The summed E-state index contributed by atoms with van der Waals surface area (Å²) in [5, 5.41) is 8.77. The number of nitrogens with one attached hydrogen (secondary N) is 1. The van der Waals surface area contributed by atoms with Gasteiger partial charge in [-0.05, 0) is 18.6 Å². The Morgan fingerprint density at radius 2 is 1.89 bits per heavy atom. The van der Waals surface area contributed by atoms with Crippen LogP contribution in [0.5, 0.6) is 0 Å². The van der Waals surface area contributed by atoms with Gasteiger partial charge in [-0.2, -0.15) is 4.99 Å². The number of halogens is 2. The topological polar surface area (TPSA) is 91.5 Å². The maximum atomic E-state index is 7.87. The normalized spacial score (nSPS) is 9.94. The number of nitrogens with zero attached hydrogens (tertiary/aromatic N) is 2. The molecular weight excluding hydrogens is 273 g/mol. The van der Waals surface area contributed by atoms with Gasteiger partial charge in [0.15, 0.2) is 5.96 Å². The van der Waals surface area contributed by atoms with Crippen LogP contribution in [0, 0.1) is 5.41 Å². The SMILES string of the molecule is CCCN(C(=N)N=C(N)N)c1c(Cl)cccc1Cl. The molecule has 1 aromatic rings. The second-order valence-electron chi connectivity index (χ2n) is 3.58. The summed E-state index contributed by atoms with van der Waals surface area (Å²) in [5.41, 5.74) is 11.1. The monoisotopic (exact) mass is 287 g/mol. The molecule has 0 saturated carbocycles. The fraction of sp³-hybridized carbons (Fsp3) is 0.273. The molecular formula is C11H15Cl2N5. The Kier molecular flexibility index (Phi) is 5.25. The van der Waals surface area contributed by atoms with Crippen molar-refractivity contribution < 1.29 is 0 Å². The van der Waals surface area contributed by atoms with Gasteiger partial charge < -0.3 is 16.4 Å². The highest BCUT2D eigenvalue weighted by Gasteiger charge is 2.17. The summed E-state index contributed by atoms with van der Waals surface area (Å²) in [4.78, 5) is 5.29. The number of para-hydroxylation sites is 1. The summed E-state index contributed by atoms with van der Waals surface area (Å²) in [6.07, 6.45) is 0.796. The average molecular weight is 288 g/mol. The van der Waals surface area contributed by atoms with E-state index in [9.17, 15) is 0 Å². The smallest absolute Gasteiger partial charge is 0.225 e. The zero-order valence-electron chi connectivity index (χ0n) is 9.95. The van der Waals surface area contributed by atoms with Crippen molar-refractivity contribution in [2.45, 2.75) is 13.3 Å². The molecule has 0 aliphatic heterocycles. The van der Waals surface area contributed by atoms with E-state index in [0.29, 0.717) is 22.3 Å². The second kappa shape index (κ2) is 6.47. The summed E-state index contributed by atoms with van der Waals surface area (Å²) < 4.78 is 0. The van der Waals surface area contributed by atoms with Crippen LogP contribution in [0.15, 0.2) is 23.2 Å².